The Hall–Kier alpha value is -3.00. The number of carbonyl (C=O) groups is 2. The number of ether oxygens (including phenoxy) is 2. The zero-order chi connectivity index (χ0) is 21.0. The number of aryl methyl sites for hydroxylation is 1. The zero-order valence-electron chi connectivity index (χ0n) is 16.5. The highest BCUT2D eigenvalue weighted by molar-refractivity contribution is 7.20. The lowest BCUT2D eigenvalue weighted by molar-refractivity contribution is -0.149. The van der Waals surface area contributed by atoms with Crippen LogP contribution in [0.15, 0.2) is 41.5 Å². The quantitative estimate of drug-likeness (QED) is 0.550. The van der Waals surface area contributed by atoms with Crippen LogP contribution in [0, 0.1) is 6.92 Å². The fourth-order valence-corrected chi connectivity index (χ4v) is 3.77. The van der Waals surface area contributed by atoms with Gasteiger partial charge in [-0.2, -0.15) is 0 Å². The van der Waals surface area contributed by atoms with Crippen molar-refractivity contribution in [2.45, 2.75) is 46.4 Å². The number of fused-ring (bicyclic) bond motifs is 1. The van der Waals surface area contributed by atoms with E-state index < -0.39 is 11.9 Å². The molecule has 0 saturated heterocycles. The Labute approximate surface area is 171 Å². The smallest absolute Gasteiger partial charge is 0.349 e. The average molecular weight is 414 g/mol. The van der Waals surface area contributed by atoms with Crippen molar-refractivity contribution in [1.29, 1.82) is 0 Å². The van der Waals surface area contributed by atoms with Crippen molar-refractivity contribution < 1.29 is 19.1 Å². The number of aromatic nitrogens is 2. The van der Waals surface area contributed by atoms with Gasteiger partial charge in [0.1, 0.15) is 22.9 Å². The molecule has 0 bridgehead atoms. The highest BCUT2D eigenvalue weighted by atomic mass is 32.1. The van der Waals surface area contributed by atoms with E-state index in [1.54, 1.807) is 13.8 Å². The summed E-state index contributed by atoms with van der Waals surface area (Å²) >= 11 is 1.11. The van der Waals surface area contributed by atoms with Crippen molar-refractivity contribution in [3.05, 3.63) is 63.0 Å². The van der Waals surface area contributed by atoms with Crippen LogP contribution in [0.25, 0.3) is 10.2 Å². The summed E-state index contributed by atoms with van der Waals surface area (Å²) in [6.45, 7) is 5.30. The SMILES string of the molecule is CCC(C)OC(=O)Cn1cnc2sc(C(=O)OCc3ccccc3)c(C)c2c1=O. The van der Waals surface area contributed by atoms with Gasteiger partial charge in [0, 0.05) is 0 Å². The molecule has 0 saturated carbocycles. The third-order valence-electron chi connectivity index (χ3n) is 4.52. The largest absolute Gasteiger partial charge is 0.461 e. The van der Waals surface area contributed by atoms with Crippen LogP contribution in [0.1, 0.15) is 41.1 Å². The van der Waals surface area contributed by atoms with Crippen LogP contribution in [0.2, 0.25) is 0 Å². The molecule has 152 valence electrons. The molecule has 0 aliphatic rings. The number of carbonyl (C=O) groups excluding carboxylic acids is 2. The standard InChI is InChI=1S/C21H22N2O5S/c1-4-13(2)28-16(24)10-23-12-22-19-17(20(23)25)14(3)18(29-19)21(26)27-11-15-8-6-5-7-9-15/h5-9,12-13H,4,10-11H2,1-3H3. The first-order chi connectivity index (χ1) is 13.9. The predicted octanol–water partition coefficient (Wildman–Crippen LogP) is 3.47. The van der Waals surface area contributed by atoms with Gasteiger partial charge >= 0.3 is 11.9 Å². The Balaban J connectivity index is 1.82. The van der Waals surface area contributed by atoms with Gasteiger partial charge in [0.05, 0.1) is 17.8 Å². The summed E-state index contributed by atoms with van der Waals surface area (Å²) in [6.07, 6.45) is 1.77. The van der Waals surface area contributed by atoms with Crippen LogP contribution in [0.4, 0.5) is 0 Å². The average Bonchev–Trinajstić information content (AvgIpc) is 3.06. The van der Waals surface area contributed by atoms with Gasteiger partial charge in [0.25, 0.3) is 5.56 Å². The van der Waals surface area contributed by atoms with Crippen LogP contribution in [0.5, 0.6) is 0 Å². The minimum atomic E-state index is -0.503. The number of thiophene rings is 1. The number of esters is 2. The van der Waals surface area contributed by atoms with Crippen molar-refractivity contribution in [3.63, 3.8) is 0 Å². The van der Waals surface area contributed by atoms with E-state index in [1.807, 2.05) is 37.3 Å². The Morgan fingerprint density at radius 3 is 2.66 bits per heavy atom. The van der Waals surface area contributed by atoms with E-state index >= 15 is 0 Å². The molecule has 3 aromatic rings. The zero-order valence-corrected chi connectivity index (χ0v) is 17.3. The maximum Gasteiger partial charge on any atom is 0.349 e. The molecule has 29 heavy (non-hydrogen) atoms. The highest BCUT2D eigenvalue weighted by Gasteiger charge is 2.21. The molecule has 0 N–H and O–H groups in total. The normalized spacial score (nSPS) is 12.0. The maximum absolute atomic E-state index is 12.8. The van der Waals surface area contributed by atoms with E-state index in [4.69, 9.17) is 9.47 Å². The summed E-state index contributed by atoms with van der Waals surface area (Å²) in [5.41, 5.74) is 0.997. The second-order valence-corrected chi connectivity index (χ2v) is 7.68. The topological polar surface area (TPSA) is 87.5 Å². The molecule has 0 amide bonds. The lowest BCUT2D eigenvalue weighted by atomic mass is 10.2. The third-order valence-corrected chi connectivity index (χ3v) is 5.70. The first kappa shape index (κ1) is 20.7. The Bertz CT molecular complexity index is 1090. The van der Waals surface area contributed by atoms with Crippen LogP contribution < -0.4 is 5.56 Å². The molecular weight excluding hydrogens is 392 g/mol. The van der Waals surface area contributed by atoms with Crippen LogP contribution >= 0.6 is 11.3 Å². The Morgan fingerprint density at radius 2 is 1.97 bits per heavy atom. The van der Waals surface area contributed by atoms with Crippen LogP contribution in [-0.2, 0) is 27.4 Å². The number of hydrogen-bond donors (Lipinski definition) is 0. The number of nitrogens with zero attached hydrogens (tertiary/aromatic N) is 2. The lowest BCUT2D eigenvalue weighted by Gasteiger charge is -2.11. The summed E-state index contributed by atoms with van der Waals surface area (Å²) in [6, 6.07) is 9.35. The summed E-state index contributed by atoms with van der Waals surface area (Å²) < 4.78 is 11.8. The van der Waals surface area contributed by atoms with Gasteiger partial charge in [-0.25, -0.2) is 9.78 Å². The molecule has 0 radical (unpaired) electrons. The molecule has 1 atom stereocenters. The van der Waals surface area contributed by atoms with Crippen LogP contribution in [0.3, 0.4) is 0 Å². The second kappa shape index (κ2) is 9.00. The van der Waals surface area contributed by atoms with Crippen molar-refractivity contribution in [3.8, 4) is 0 Å². The van der Waals surface area contributed by atoms with Gasteiger partial charge < -0.3 is 9.47 Å². The second-order valence-electron chi connectivity index (χ2n) is 6.68. The van der Waals surface area contributed by atoms with Gasteiger partial charge in [0.15, 0.2) is 0 Å². The molecule has 0 spiro atoms. The Kier molecular flexibility index (Phi) is 6.43. The highest BCUT2D eigenvalue weighted by Crippen LogP contribution is 2.27. The molecule has 3 rings (SSSR count). The maximum atomic E-state index is 12.8. The minimum Gasteiger partial charge on any atom is -0.461 e. The van der Waals surface area contributed by atoms with E-state index in [2.05, 4.69) is 4.98 Å². The summed E-state index contributed by atoms with van der Waals surface area (Å²) in [5, 5.41) is 0.320. The molecule has 2 aromatic heterocycles. The van der Waals surface area contributed by atoms with Gasteiger partial charge in [-0.15, -0.1) is 11.3 Å². The minimum absolute atomic E-state index is 0.145. The number of hydrogen-bond acceptors (Lipinski definition) is 7. The first-order valence-corrected chi connectivity index (χ1v) is 10.1. The molecule has 2 heterocycles. The van der Waals surface area contributed by atoms with Crippen molar-refractivity contribution in [2.24, 2.45) is 0 Å². The number of benzene rings is 1. The summed E-state index contributed by atoms with van der Waals surface area (Å²) in [5.74, 6) is -1.01. The Morgan fingerprint density at radius 1 is 1.24 bits per heavy atom. The molecule has 1 unspecified atom stereocenters. The summed E-state index contributed by atoms with van der Waals surface area (Å²) in [4.78, 5) is 42.4. The first-order valence-electron chi connectivity index (χ1n) is 9.29. The monoisotopic (exact) mass is 414 g/mol. The molecule has 0 aliphatic heterocycles. The van der Waals surface area contributed by atoms with Crippen molar-refractivity contribution in [1.82, 2.24) is 9.55 Å². The number of rotatable bonds is 7. The van der Waals surface area contributed by atoms with E-state index in [9.17, 15) is 14.4 Å². The third kappa shape index (κ3) is 4.71. The van der Waals surface area contributed by atoms with Crippen molar-refractivity contribution in [2.75, 3.05) is 0 Å². The predicted molar refractivity (Wildman–Crippen MR) is 110 cm³/mol. The van der Waals surface area contributed by atoms with Crippen LogP contribution in [-0.4, -0.2) is 27.6 Å². The molecule has 1 aromatic carbocycles. The van der Waals surface area contributed by atoms with Gasteiger partial charge in [-0.05, 0) is 31.4 Å². The van der Waals surface area contributed by atoms with E-state index in [1.165, 1.54) is 10.9 Å². The molecule has 0 fully saturated rings. The van der Waals surface area contributed by atoms with Crippen molar-refractivity contribution >= 4 is 33.5 Å². The molecule has 8 heteroatoms. The van der Waals surface area contributed by atoms with Gasteiger partial charge in [-0.3, -0.25) is 14.2 Å². The fourth-order valence-electron chi connectivity index (χ4n) is 2.74. The molecule has 0 aliphatic carbocycles. The van der Waals surface area contributed by atoms with Gasteiger partial charge in [0.2, 0.25) is 0 Å². The molecular formula is C21H22N2O5S. The van der Waals surface area contributed by atoms with E-state index in [0.29, 0.717) is 27.1 Å². The summed E-state index contributed by atoms with van der Waals surface area (Å²) in [7, 11) is 0. The van der Waals surface area contributed by atoms with E-state index in [0.717, 1.165) is 16.9 Å². The van der Waals surface area contributed by atoms with Gasteiger partial charge in [-0.1, -0.05) is 37.3 Å². The lowest BCUT2D eigenvalue weighted by Crippen LogP contribution is -2.27. The molecule has 7 nitrogen and oxygen atoms in total. The fraction of sp³-hybridized carbons (Fsp3) is 0.333. The van der Waals surface area contributed by atoms with E-state index in [-0.39, 0.29) is 24.8 Å².